The first-order valence-electron chi connectivity index (χ1n) is 11.9. The Morgan fingerprint density at radius 3 is 2.77 bits per heavy atom. The lowest BCUT2D eigenvalue weighted by molar-refractivity contribution is -0.133. The van der Waals surface area contributed by atoms with Gasteiger partial charge >= 0.3 is 0 Å². The van der Waals surface area contributed by atoms with Gasteiger partial charge < -0.3 is 30.0 Å². The SMILES string of the molecule is CCCCN(CCN)C(=O)CN1C[C@H](c2cc(O)c3c(c2)OCO3)[C@@H](C=O)[C@@H]1CCNS(C)(=O)=O. The molecule has 196 valence electrons. The number of aromatic hydroxyl groups is 1. The fraction of sp³-hybridized carbons (Fsp3) is 0.652. The second-order valence-electron chi connectivity index (χ2n) is 9.07. The van der Waals surface area contributed by atoms with E-state index in [1.54, 1.807) is 17.0 Å². The van der Waals surface area contributed by atoms with Crippen LogP contribution in [0.5, 0.6) is 17.2 Å². The van der Waals surface area contributed by atoms with E-state index in [2.05, 4.69) is 11.6 Å². The van der Waals surface area contributed by atoms with Gasteiger partial charge in [-0.05, 0) is 30.5 Å². The van der Waals surface area contributed by atoms with Crippen molar-refractivity contribution in [3.05, 3.63) is 17.7 Å². The van der Waals surface area contributed by atoms with Crippen molar-refractivity contribution in [2.75, 3.05) is 52.3 Å². The van der Waals surface area contributed by atoms with E-state index in [-0.39, 0.29) is 49.2 Å². The highest BCUT2D eigenvalue weighted by Gasteiger charge is 2.43. The summed E-state index contributed by atoms with van der Waals surface area (Å²) in [5.74, 6) is -0.307. The molecule has 3 atom stereocenters. The molecule has 1 fully saturated rings. The summed E-state index contributed by atoms with van der Waals surface area (Å²) in [6, 6.07) is 2.95. The number of hydrogen-bond acceptors (Lipinski definition) is 9. The fourth-order valence-electron chi connectivity index (χ4n) is 4.85. The number of phenols is 1. The molecule has 2 aliphatic heterocycles. The number of unbranched alkanes of at least 4 members (excludes halogenated alkanes) is 1. The first-order valence-corrected chi connectivity index (χ1v) is 13.8. The Morgan fingerprint density at radius 1 is 1.34 bits per heavy atom. The number of nitrogens with zero attached hydrogens (tertiary/aromatic N) is 2. The van der Waals surface area contributed by atoms with E-state index >= 15 is 0 Å². The number of carbonyl (C=O) groups excluding carboxylic acids is 2. The molecule has 4 N–H and O–H groups in total. The molecule has 11 nitrogen and oxygen atoms in total. The number of rotatable bonds is 13. The zero-order chi connectivity index (χ0) is 25.6. The molecule has 1 aromatic rings. The molecule has 0 aromatic heterocycles. The van der Waals surface area contributed by atoms with Crippen LogP contribution in [-0.2, 0) is 19.6 Å². The van der Waals surface area contributed by atoms with Gasteiger partial charge in [-0.1, -0.05) is 13.3 Å². The van der Waals surface area contributed by atoms with E-state index in [1.165, 1.54) is 0 Å². The summed E-state index contributed by atoms with van der Waals surface area (Å²) < 4.78 is 36.4. The number of carbonyl (C=O) groups is 2. The van der Waals surface area contributed by atoms with E-state index in [0.717, 1.165) is 25.4 Å². The summed E-state index contributed by atoms with van der Waals surface area (Å²) in [5.41, 5.74) is 6.42. The van der Waals surface area contributed by atoms with Crippen LogP contribution < -0.4 is 19.9 Å². The topological polar surface area (TPSA) is 152 Å². The minimum Gasteiger partial charge on any atom is -0.504 e. The van der Waals surface area contributed by atoms with Crippen molar-refractivity contribution in [2.24, 2.45) is 11.7 Å². The van der Waals surface area contributed by atoms with Crippen LogP contribution in [0.15, 0.2) is 12.1 Å². The van der Waals surface area contributed by atoms with E-state index < -0.39 is 15.9 Å². The van der Waals surface area contributed by atoms with Crippen LogP contribution in [-0.4, -0.2) is 93.9 Å². The monoisotopic (exact) mass is 512 g/mol. The molecule has 0 bridgehead atoms. The number of ether oxygens (including phenoxy) is 2. The van der Waals surface area contributed by atoms with Gasteiger partial charge in [0.1, 0.15) is 6.29 Å². The standard InChI is InChI=1S/C23H36N4O7S/c1-3-4-8-26(9-6-24)22(30)13-27-12-17(16-10-20(29)23-21(11-16)33-15-34-23)18(14-28)19(27)5-7-25-35(2,31)32/h10-11,14,17-19,25,29H,3-9,12-13,15,24H2,1-2H3/t17-,18-,19+/m1/s1. The molecule has 35 heavy (non-hydrogen) atoms. The third-order valence-corrected chi connectivity index (χ3v) is 7.27. The number of amides is 1. The number of nitrogens with two attached hydrogens (primary N) is 1. The molecular weight excluding hydrogens is 476 g/mol. The molecule has 2 aliphatic rings. The highest BCUT2D eigenvalue weighted by atomic mass is 32.2. The molecule has 0 saturated carbocycles. The number of fused-ring (bicyclic) bond motifs is 1. The van der Waals surface area contributed by atoms with Crippen molar-refractivity contribution in [3.8, 4) is 17.2 Å². The van der Waals surface area contributed by atoms with Gasteiger partial charge in [0.25, 0.3) is 0 Å². The highest BCUT2D eigenvalue weighted by Crippen LogP contribution is 2.46. The van der Waals surface area contributed by atoms with Crippen LogP contribution in [0.4, 0.5) is 0 Å². The summed E-state index contributed by atoms with van der Waals surface area (Å²) in [7, 11) is -3.40. The summed E-state index contributed by atoms with van der Waals surface area (Å²) in [4.78, 5) is 29.1. The van der Waals surface area contributed by atoms with Gasteiger partial charge in [0.2, 0.25) is 28.5 Å². The van der Waals surface area contributed by atoms with E-state index in [4.69, 9.17) is 15.2 Å². The number of phenolic OH excluding ortho intramolecular Hbond substituents is 1. The number of hydrogen-bond donors (Lipinski definition) is 3. The molecule has 3 rings (SSSR count). The van der Waals surface area contributed by atoms with Crippen molar-refractivity contribution in [1.29, 1.82) is 0 Å². The van der Waals surface area contributed by atoms with E-state index in [0.29, 0.717) is 43.9 Å². The van der Waals surface area contributed by atoms with Crippen LogP contribution in [0.1, 0.15) is 37.7 Å². The second kappa shape index (κ2) is 12.0. The quantitative estimate of drug-likeness (QED) is 0.315. The number of sulfonamides is 1. The number of aldehydes is 1. The van der Waals surface area contributed by atoms with Crippen LogP contribution in [0.2, 0.25) is 0 Å². The van der Waals surface area contributed by atoms with Crippen LogP contribution in [0, 0.1) is 5.92 Å². The molecule has 1 saturated heterocycles. The van der Waals surface area contributed by atoms with Gasteiger partial charge in [-0.25, -0.2) is 13.1 Å². The minimum absolute atomic E-state index is 0.00325. The summed E-state index contributed by atoms with van der Waals surface area (Å²) in [5, 5.41) is 10.4. The zero-order valence-electron chi connectivity index (χ0n) is 20.3. The largest absolute Gasteiger partial charge is 0.504 e. The van der Waals surface area contributed by atoms with Gasteiger partial charge in [-0.3, -0.25) is 9.69 Å². The van der Waals surface area contributed by atoms with Crippen molar-refractivity contribution < 1.29 is 32.6 Å². The third-order valence-electron chi connectivity index (χ3n) is 6.55. The Balaban J connectivity index is 1.85. The third kappa shape index (κ3) is 6.84. The number of nitrogens with one attached hydrogen (secondary N) is 1. The first-order chi connectivity index (χ1) is 16.7. The Labute approximate surface area is 206 Å². The van der Waals surface area contributed by atoms with E-state index in [9.17, 15) is 23.1 Å². The second-order valence-corrected chi connectivity index (χ2v) is 10.9. The van der Waals surface area contributed by atoms with Crippen LogP contribution in [0.25, 0.3) is 0 Å². The minimum atomic E-state index is -3.40. The van der Waals surface area contributed by atoms with Gasteiger partial charge in [0.05, 0.1) is 12.8 Å². The Bertz CT molecular complexity index is 1000. The molecule has 1 aromatic carbocycles. The van der Waals surface area contributed by atoms with Gasteiger partial charge in [0, 0.05) is 50.6 Å². The average Bonchev–Trinajstić information content (AvgIpc) is 3.40. The fourth-order valence-corrected chi connectivity index (χ4v) is 5.34. The predicted molar refractivity (Wildman–Crippen MR) is 130 cm³/mol. The van der Waals surface area contributed by atoms with Gasteiger partial charge in [-0.2, -0.15) is 0 Å². The molecule has 1 amide bonds. The maximum atomic E-state index is 13.2. The maximum absolute atomic E-state index is 13.2. The Kier molecular flexibility index (Phi) is 9.34. The van der Waals surface area contributed by atoms with Crippen molar-refractivity contribution in [2.45, 2.75) is 38.1 Å². The average molecular weight is 513 g/mol. The molecule has 2 heterocycles. The van der Waals surface area contributed by atoms with Crippen molar-refractivity contribution >= 4 is 22.2 Å². The lowest BCUT2D eigenvalue weighted by Gasteiger charge is -2.29. The molecule has 0 unspecified atom stereocenters. The van der Waals surface area contributed by atoms with Crippen LogP contribution >= 0.6 is 0 Å². The maximum Gasteiger partial charge on any atom is 0.236 e. The van der Waals surface area contributed by atoms with Gasteiger partial charge in [0.15, 0.2) is 11.5 Å². The highest BCUT2D eigenvalue weighted by molar-refractivity contribution is 7.88. The summed E-state index contributed by atoms with van der Waals surface area (Å²) >= 11 is 0. The smallest absolute Gasteiger partial charge is 0.236 e. The lowest BCUT2D eigenvalue weighted by Crippen LogP contribution is -2.46. The van der Waals surface area contributed by atoms with Crippen LogP contribution in [0.3, 0.4) is 0 Å². The normalized spacial score (nSPS) is 21.9. The first kappa shape index (κ1) is 27.2. The summed E-state index contributed by atoms with van der Waals surface area (Å²) in [6.07, 6.45) is 4.10. The zero-order valence-corrected chi connectivity index (χ0v) is 21.1. The number of benzene rings is 1. The predicted octanol–water partition coefficient (Wildman–Crippen LogP) is 0.231. The Hall–Kier alpha value is -2.41. The molecule has 0 aliphatic carbocycles. The molecule has 0 spiro atoms. The van der Waals surface area contributed by atoms with Crippen molar-refractivity contribution in [3.63, 3.8) is 0 Å². The summed E-state index contributed by atoms with van der Waals surface area (Å²) in [6.45, 7) is 4.08. The molecular formula is C23H36N4O7S. The Morgan fingerprint density at radius 2 is 2.11 bits per heavy atom. The van der Waals surface area contributed by atoms with Gasteiger partial charge in [-0.15, -0.1) is 0 Å². The van der Waals surface area contributed by atoms with Crippen molar-refractivity contribution in [1.82, 2.24) is 14.5 Å². The van der Waals surface area contributed by atoms with E-state index in [1.807, 2.05) is 4.90 Å². The lowest BCUT2D eigenvalue weighted by atomic mass is 9.85. The number of likely N-dealkylation sites (tertiary alicyclic amines) is 1. The molecule has 0 radical (unpaired) electrons. The molecule has 12 heteroatoms.